The Hall–Kier alpha value is -4.18. The molecule has 0 spiro atoms. The molecule has 1 aliphatic rings. The normalized spacial score (nSPS) is 17.6. The highest BCUT2D eigenvalue weighted by molar-refractivity contribution is 5.96. The number of rotatable bonds is 5. The second-order valence-corrected chi connectivity index (χ2v) is 8.30. The summed E-state index contributed by atoms with van der Waals surface area (Å²) in [4.78, 5) is 25.5. The van der Waals surface area contributed by atoms with E-state index in [1.54, 1.807) is 24.3 Å². The van der Waals surface area contributed by atoms with Crippen LogP contribution in [0.25, 0.3) is 16.3 Å². The molecule has 0 amide bonds. The maximum atomic E-state index is 12.9. The highest BCUT2D eigenvalue weighted by Gasteiger charge is 2.30. The van der Waals surface area contributed by atoms with E-state index in [0.717, 1.165) is 21.9 Å². The maximum Gasteiger partial charge on any atom is 0.338 e. The van der Waals surface area contributed by atoms with Gasteiger partial charge in [-0.3, -0.25) is 0 Å². The number of ether oxygens (including phenoxy) is 2. The van der Waals surface area contributed by atoms with Crippen LogP contribution in [-0.4, -0.2) is 24.1 Å². The molecule has 4 aromatic carbocycles. The molecule has 0 heterocycles. The van der Waals surface area contributed by atoms with Crippen molar-refractivity contribution in [2.45, 2.75) is 25.0 Å². The zero-order valence-electron chi connectivity index (χ0n) is 18.6. The van der Waals surface area contributed by atoms with Crippen LogP contribution in [0.3, 0.4) is 0 Å². The Morgan fingerprint density at radius 2 is 1.21 bits per heavy atom. The molecule has 0 radical (unpaired) electrons. The topological polar surface area (TPSA) is 52.6 Å². The van der Waals surface area contributed by atoms with E-state index in [4.69, 9.17) is 9.47 Å². The smallest absolute Gasteiger partial charge is 0.338 e. The van der Waals surface area contributed by atoms with Crippen LogP contribution in [0, 0.1) is 0 Å². The standard InChI is InChI=1S/C30H24O4/c31-29(22-11-3-1-4-12-22)33-24-18-19-28(34-30(32)23-13-5-2-6-14-23)27(20-24)26-17-9-15-21-10-7-8-16-25(21)26/h1-17,20,24,28H,18-19H2/t24-,28+/m0/s1. The van der Waals surface area contributed by atoms with Gasteiger partial charge in [0.2, 0.25) is 0 Å². The quantitative estimate of drug-likeness (QED) is 0.329. The van der Waals surface area contributed by atoms with E-state index in [1.165, 1.54) is 0 Å². The van der Waals surface area contributed by atoms with Gasteiger partial charge >= 0.3 is 11.9 Å². The van der Waals surface area contributed by atoms with Crippen LogP contribution < -0.4 is 0 Å². The Morgan fingerprint density at radius 3 is 1.91 bits per heavy atom. The van der Waals surface area contributed by atoms with Crippen LogP contribution in [0.15, 0.2) is 109 Å². The molecule has 5 rings (SSSR count). The molecule has 0 N–H and O–H groups in total. The minimum Gasteiger partial charge on any atom is -0.455 e. The molecule has 4 heteroatoms. The van der Waals surface area contributed by atoms with Gasteiger partial charge in [-0.1, -0.05) is 78.9 Å². The van der Waals surface area contributed by atoms with Gasteiger partial charge in [-0.25, -0.2) is 9.59 Å². The third kappa shape index (κ3) is 4.62. The minimum absolute atomic E-state index is 0.362. The van der Waals surface area contributed by atoms with Crippen LogP contribution in [0.5, 0.6) is 0 Å². The van der Waals surface area contributed by atoms with E-state index < -0.39 is 12.2 Å². The van der Waals surface area contributed by atoms with E-state index in [1.807, 2.05) is 66.7 Å². The van der Waals surface area contributed by atoms with Crippen molar-refractivity contribution in [2.75, 3.05) is 0 Å². The Morgan fingerprint density at radius 1 is 0.618 bits per heavy atom. The van der Waals surface area contributed by atoms with Crippen molar-refractivity contribution in [1.29, 1.82) is 0 Å². The van der Waals surface area contributed by atoms with E-state index in [9.17, 15) is 9.59 Å². The lowest BCUT2D eigenvalue weighted by Crippen LogP contribution is -2.29. The fraction of sp³-hybridized carbons (Fsp3) is 0.133. The van der Waals surface area contributed by atoms with Gasteiger partial charge in [0, 0.05) is 0 Å². The second-order valence-electron chi connectivity index (χ2n) is 8.30. The van der Waals surface area contributed by atoms with Crippen LogP contribution in [0.2, 0.25) is 0 Å². The average molecular weight is 449 g/mol. The van der Waals surface area contributed by atoms with Crippen LogP contribution >= 0.6 is 0 Å². The molecule has 0 bridgehead atoms. The molecule has 1 aliphatic carbocycles. The van der Waals surface area contributed by atoms with Gasteiger partial charge < -0.3 is 9.47 Å². The molecular weight excluding hydrogens is 424 g/mol. The molecule has 0 unspecified atom stereocenters. The van der Waals surface area contributed by atoms with Crippen molar-refractivity contribution in [3.8, 4) is 0 Å². The molecule has 0 saturated carbocycles. The monoisotopic (exact) mass is 448 g/mol. The van der Waals surface area contributed by atoms with Crippen LogP contribution in [-0.2, 0) is 9.47 Å². The summed E-state index contributed by atoms with van der Waals surface area (Å²) in [5.74, 6) is -0.727. The summed E-state index contributed by atoms with van der Waals surface area (Å²) in [5.41, 5.74) is 2.86. The molecule has 0 saturated heterocycles. The predicted molar refractivity (Wildman–Crippen MR) is 132 cm³/mol. The highest BCUT2D eigenvalue weighted by Crippen LogP contribution is 2.35. The fourth-order valence-electron chi connectivity index (χ4n) is 4.37. The van der Waals surface area contributed by atoms with Crippen molar-refractivity contribution in [3.05, 3.63) is 126 Å². The van der Waals surface area contributed by atoms with E-state index in [2.05, 4.69) is 18.2 Å². The first kappa shape index (κ1) is 21.7. The SMILES string of the molecule is O=C(O[C@@H]1C=C(c2cccc3ccccc23)[C@H](OC(=O)c2ccccc2)CC1)c1ccccc1. The Bertz CT molecular complexity index is 1340. The summed E-state index contributed by atoms with van der Waals surface area (Å²) < 4.78 is 11.8. The summed E-state index contributed by atoms with van der Waals surface area (Å²) in [7, 11) is 0. The lowest BCUT2D eigenvalue weighted by atomic mass is 9.87. The van der Waals surface area contributed by atoms with Gasteiger partial charge in [-0.15, -0.1) is 0 Å². The molecule has 0 aromatic heterocycles. The minimum atomic E-state index is -0.440. The second kappa shape index (κ2) is 9.75. The van der Waals surface area contributed by atoms with Gasteiger partial charge in [-0.05, 0) is 65.1 Å². The predicted octanol–water partition coefficient (Wildman–Crippen LogP) is 6.47. The number of carbonyl (C=O) groups is 2. The van der Waals surface area contributed by atoms with Crippen molar-refractivity contribution >= 4 is 28.3 Å². The zero-order chi connectivity index (χ0) is 23.3. The summed E-state index contributed by atoms with van der Waals surface area (Å²) in [6.07, 6.45) is 2.22. The molecule has 34 heavy (non-hydrogen) atoms. The van der Waals surface area contributed by atoms with Gasteiger partial charge in [0.25, 0.3) is 0 Å². The number of carbonyl (C=O) groups excluding carboxylic acids is 2. The molecule has 4 aromatic rings. The number of hydrogen-bond acceptors (Lipinski definition) is 4. The maximum absolute atomic E-state index is 12.9. The first-order valence-electron chi connectivity index (χ1n) is 11.4. The van der Waals surface area contributed by atoms with E-state index >= 15 is 0 Å². The fourth-order valence-corrected chi connectivity index (χ4v) is 4.37. The number of esters is 2. The summed E-state index contributed by atoms with van der Waals surface area (Å²) in [6, 6.07) is 32.1. The van der Waals surface area contributed by atoms with E-state index in [0.29, 0.717) is 24.0 Å². The summed E-state index contributed by atoms with van der Waals surface area (Å²) >= 11 is 0. The third-order valence-electron chi connectivity index (χ3n) is 6.05. The average Bonchev–Trinajstić information content (AvgIpc) is 2.90. The molecule has 4 nitrogen and oxygen atoms in total. The van der Waals surface area contributed by atoms with Gasteiger partial charge in [0.15, 0.2) is 0 Å². The third-order valence-corrected chi connectivity index (χ3v) is 6.05. The lowest BCUT2D eigenvalue weighted by molar-refractivity contribution is 0.0243. The molecule has 0 fully saturated rings. The Kier molecular flexibility index (Phi) is 6.21. The first-order valence-corrected chi connectivity index (χ1v) is 11.4. The number of hydrogen-bond donors (Lipinski definition) is 0. The van der Waals surface area contributed by atoms with Crippen LogP contribution in [0.4, 0.5) is 0 Å². The van der Waals surface area contributed by atoms with Gasteiger partial charge in [0.1, 0.15) is 12.2 Å². The molecule has 0 aliphatic heterocycles. The molecule has 2 atom stereocenters. The van der Waals surface area contributed by atoms with Crippen LogP contribution in [0.1, 0.15) is 39.1 Å². The summed E-state index contributed by atoms with van der Waals surface area (Å²) in [6.45, 7) is 0. The first-order chi connectivity index (χ1) is 16.7. The number of fused-ring (bicyclic) bond motifs is 1. The Labute approximate surface area is 198 Å². The number of benzene rings is 4. The summed E-state index contributed by atoms with van der Waals surface area (Å²) in [5, 5.41) is 2.16. The van der Waals surface area contributed by atoms with Crippen molar-refractivity contribution in [2.24, 2.45) is 0 Å². The van der Waals surface area contributed by atoms with Gasteiger partial charge in [-0.2, -0.15) is 0 Å². The lowest BCUT2D eigenvalue weighted by Gasteiger charge is -2.29. The van der Waals surface area contributed by atoms with Crippen molar-refractivity contribution < 1.29 is 19.1 Å². The largest absolute Gasteiger partial charge is 0.455 e. The molecule has 168 valence electrons. The Balaban J connectivity index is 1.49. The van der Waals surface area contributed by atoms with Gasteiger partial charge in [0.05, 0.1) is 11.1 Å². The highest BCUT2D eigenvalue weighted by atomic mass is 16.6. The van der Waals surface area contributed by atoms with Crippen molar-refractivity contribution in [1.82, 2.24) is 0 Å². The zero-order valence-corrected chi connectivity index (χ0v) is 18.6. The molecular formula is C30H24O4. The van der Waals surface area contributed by atoms with E-state index in [-0.39, 0.29) is 11.9 Å². The van der Waals surface area contributed by atoms with Crippen molar-refractivity contribution in [3.63, 3.8) is 0 Å².